The molecule has 13 heavy (non-hydrogen) atoms. The van der Waals surface area contributed by atoms with Crippen molar-refractivity contribution < 1.29 is 14.4 Å². The molecule has 0 saturated carbocycles. The van der Waals surface area contributed by atoms with Crippen LogP contribution < -0.4 is 11.1 Å². The van der Waals surface area contributed by atoms with Crippen LogP contribution in [0.25, 0.3) is 0 Å². The van der Waals surface area contributed by atoms with Gasteiger partial charge in [0.25, 0.3) is 0 Å². The fraction of sp³-hybridized carbons (Fsp3) is 0.625. The van der Waals surface area contributed by atoms with E-state index in [-0.39, 0.29) is 18.9 Å². The van der Waals surface area contributed by atoms with Crippen LogP contribution in [0.15, 0.2) is 0 Å². The molecular weight excluding hydrogens is 172 g/mol. The maximum absolute atomic E-state index is 11.3. The summed E-state index contributed by atoms with van der Waals surface area (Å²) in [7, 11) is 0. The molecule has 1 rings (SSSR count). The van der Waals surface area contributed by atoms with Gasteiger partial charge in [0, 0.05) is 13.0 Å². The molecule has 0 unspecified atom stereocenters. The van der Waals surface area contributed by atoms with E-state index in [0.717, 1.165) is 0 Å². The average molecular weight is 184 g/mol. The Balaban J connectivity index is 2.56. The number of Topliss-reactive ketones (excluding diaryl/α,β-unsaturated/α-hetero) is 2. The predicted molar refractivity (Wildman–Crippen MR) is 44.8 cm³/mol. The molecule has 0 aromatic carbocycles. The van der Waals surface area contributed by atoms with E-state index in [1.54, 1.807) is 0 Å². The largest absolute Gasteiger partial charge is 0.355 e. The quantitative estimate of drug-likeness (QED) is 0.416. The second-order valence-electron chi connectivity index (χ2n) is 2.96. The van der Waals surface area contributed by atoms with Gasteiger partial charge >= 0.3 is 0 Å². The summed E-state index contributed by atoms with van der Waals surface area (Å²) >= 11 is 0. The Morgan fingerprint density at radius 1 is 1.54 bits per heavy atom. The highest BCUT2D eigenvalue weighted by atomic mass is 16.2. The summed E-state index contributed by atoms with van der Waals surface area (Å²) < 4.78 is 0. The van der Waals surface area contributed by atoms with Gasteiger partial charge < -0.3 is 11.1 Å². The van der Waals surface area contributed by atoms with Gasteiger partial charge in [0.15, 0.2) is 5.78 Å². The lowest BCUT2D eigenvalue weighted by atomic mass is 9.98. The molecule has 1 aliphatic rings. The van der Waals surface area contributed by atoms with Gasteiger partial charge in [-0.15, -0.1) is 0 Å². The molecule has 1 atom stereocenters. The van der Waals surface area contributed by atoms with E-state index < -0.39 is 17.5 Å². The highest BCUT2D eigenvalue weighted by molar-refractivity contribution is 6.41. The van der Waals surface area contributed by atoms with E-state index >= 15 is 0 Å². The molecule has 1 amide bonds. The summed E-state index contributed by atoms with van der Waals surface area (Å²) in [5.74, 6) is -2.24. The zero-order valence-corrected chi connectivity index (χ0v) is 7.21. The van der Waals surface area contributed by atoms with E-state index in [1.807, 2.05) is 0 Å². The first-order valence-corrected chi connectivity index (χ1v) is 4.21. The maximum Gasteiger partial charge on any atom is 0.231 e. The zero-order valence-electron chi connectivity index (χ0n) is 7.21. The van der Waals surface area contributed by atoms with Gasteiger partial charge in [-0.25, -0.2) is 0 Å². The minimum absolute atomic E-state index is 0.0304. The molecule has 0 bridgehead atoms. The van der Waals surface area contributed by atoms with E-state index in [2.05, 4.69) is 5.32 Å². The fourth-order valence-corrected chi connectivity index (χ4v) is 1.29. The third-order valence-corrected chi connectivity index (χ3v) is 2.01. The fourth-order valence-electron chi connectivity index (χ4n) is 1.29. The molecule has 5 nitrogen and oxygen atoms in total. The van der Waals surface area contributed by atoms with Crippen LogP contribution in [0.2, 0.25) is 0 Å². The Morgan fingerprint density at radius 3 is 2.69 bits per heavy atom. The molecule has 0 aromatic heterocycles. The van der Waals surface area contributed by atoms with Crippen molar-refractivity contribution in [2.45, 2.75) is 12.8 Å². The molecule has 5 heteroatoms. The number of ketones is 2. The lowest BCUT2D eigenvalue weighted by molar-refractivity contribution is -0.141. The number of nitrogens with one attached hydrogen (secondary N) is 1. The molecule has 3 N–H and O–H groups in total. The van der Waals surface area contributed by atoms with Gasteiger partial charge in [0.2, 0.25) is 11.7 Å². The molecule has 0 aromatic rings. The van der Waals surface area contributed by atoms with Gasteiger partial charge in [-0.1, -0.05) is 0 Å². The lowest BCUT2D eigenvalue weighted by Crippen LogP contribution is -2.31. The topological polar surface area (TPSA) is 89.3 Å². The number of hydrogen-bond acceptors (Lipinski definition) is 4. The van der Waals surface area contributed by atoms with E-state index in [0.29, 0.717) is 13.0 Å². The van der Waals surface area contributed by atoms with Crippen molar-refractivity contribution in [1.82, 2.24) is 5.32 Å². The first-order valence-electron chi connectivity index (χ1n) is 4.21. The van der Waals surface area contributed by atoms with Crippen molar-refractivity contribution in [2.75, 3.05) is 13.1 Å². The maximum atomic E-state index is 11.3. The molecule has 0 radical (unpaired) electrons. The first-order chi connectivity index (χ1) is 6.16. The molecular formula is C8H12N2O3. The van der Waals surface area contributed by atoms with Gasteiger partial charge in [0.1, 0.15) is 5.92 Å². The summed E-state index contributed by atoms with van der Waals surface area (Å²) in [6.07, 6.45) is 0.455. The number of rotatable bonds is 4. The van der Waals surface area contributed by atoms with E-state index in [9.17, 15) is 14.4 Å². The molecule has 1 saturated heterocycles. The Morgan fingerprint density at radius 2 is 2.23 bits per heavy atom. The monoisotopic (exact) mass is 184 g/mol. The van der Waals surface area contributed by atoms with E-state index in [4.69, 9.17) is 5.73 Å². The van der Waals surface area contributed by atoms with Gasteiger partial charge in [-0.05, 0) is 13.0 Å². The molecule has 1 fully saturated rings. The van der Waals surface area contributed by atoms with Crippen molar-refractivity contribution in [3.8, 4) is 0 Å². The van der Waals surface area contributed by atoms with Crippen LogP contribution in [-0.2, 0) is 14.4 Å². The lowest BCUT2D eigenvalue weighted by Gasteiger charge is -2.02. The Kier molecular flexibility index (Phi) is 3.13. The molecule has 72 valence electrons. The zero-order chi connectivity index (χ0) is 9.84. The Bertz CT molecular complexity index is 250. The normalized spacial score (nSPS) is 21.3. The van der Waals surface area contributed by atoms with Gasteiger partial charge in [-0.2, -0.15) is 0 Å². The summed E-state index contributed by atoms with van der Waals surface area (Å²) in [5.41, 5.74) is 5.13. The smallest absolute Gasteiger partial charge is 0.231 e. The van der Waals surface area contributed by atoms with Crippen LogP contribution in [0.1, 0.15) is 12.8 Å². The standard InChI is InChI=1S/C8H12N2O3/c9-3-1-6(11)7(12)5-2-4-10-8(5)13/h5H,1-4,9H2,(H,10,13)/t5-/m0/s1. The third-order valence-electron chi connectivity index (χ3n) is 2.01. The van der Waals surface area contributed by atoms with Gasteiger partial charge in [0.05, 0.1) is 0 Å². The van der Waals surface area contributed by atoms with Gasteiger partial charge in [-0.3, -0.25) is 14.4 Å². The van der Waals surface area contributed by atoms with Crippen LogP contribution in [0.5, 0.6) is 0 Å². The molecule has 0 spiro atoms. The predicted octanol–water partition coefficient (Wildman–Crippen LogP) is -1.39. The molecule has 1 heterocycles. The highest BCUT2D eigenvalue weighted by Gasteiger charge is 2.34. The number of hydrogen-bond donors (Lipinski definition) is 2. The number of carbonyl (C=O) groups excluding carboxylic acids is 3. The number of nitrogens with two attached hydrogens (primary N) is 1. The van der Waals surface area contributed by atoms with Crippen LogP contribution >= 0.6 is 0 Å². The highest BCUT2D eigenvalue weighted by Crippen LogP contribution is 2.11. The van der Waals surface area contributed by atoms with Crippen LogP contribution in [0.4, 0.5) is 0 Å². The van der Waals surface area contributed by atoms with Crippen molar-refractivity contribution in [2.24, 2.45) is 11.7 Å². The second kappa shape index (κ2) is 4.13. The SMILES string of the molecule is NCCC(=O)C(=O)[C@@H]1CCNC1=O. The third kappa shape index (κ3) is 2.12. The van der Waals surface area contributed by atoms with Crippen LogP contribution in [0.3, 0.4) is 0 Å². The number of carbonyl (C=O) groups is 3. The summed E-state index contributed by atoms with van der Waals surface area (Å²) in [5, 5.41) is 2.50. The van der Waals surface area contributed by atoms with Crippen molar-refractivity contribution >= 4 is 17.5 Å². The molecule has 1 aliphatic heterocycles. The second-order valence-corrected chi connectivity index (χ2v) is 2.96. The summed E-state index contributed by atoms with van der Waals surface area (Å²) in [4.78, 5) is 33.4. The average Bonchev–Trinajstić information content (AvgIpc) is 2.50. The van der Waals surface area contributed by atoms with Crippen LogP contribution in [0, 0.1) is 5.92 Å². The van der Waals surface area contributed by atoms with E-state index in [1.165, 1.54) is 0 Å². The Labute approximate surface area is 75.7 Å². The van der Waals surface area contributed by atoms with Crippen LogP contribution in [-0.4, -0.2) is 30.6 Å². The summed E-state index contributed by atoms with van der Waals surface area (Å²) in [6.45, 7) is 0.629. The number of amides is 1. The van der Waals surface area contributed by atoms with Crippen molar-refractivity contribution in [1.29, 1.82) is 0 Å². The van der Waals surface area contributed by atoms with Crippen molar-refractivity contribution in [3.05, 3.63) is 0 Å². The summed E-state index contributed by atoms with van der Waals surface area (Å²) in [6, 6.07) is 0. The molecule has 0 aliphatic carbocycles. The Hall–Kier alpha value is -1.23. The van der Waals surface area contributed by atoms with Crippen molar-refractivity contribution in [3.63, 3.8) is 0 Å². The minimum atomic E-state index is -0.765. The minimum Gasteiger partial charge on any atom is -0.355 e. The first kappa shape index (κ1) is 9.85.